The molecule has 1 aromatic carbocycles. The Kier molecular flexibility index (Phi) is 3.37. The number of benzene rings is 1. The van der Waals surface area contributed by atoms with Crippen LogP contribution in [0.4, 0.5) is 13.2 Å². The maximum atomic E-state index is 12.2. The summed E-state index contributed by atoms with van der Waals surface area (Å²) in [5.41, 5.74) is 5.00. The summed E-state index contributed by atoms with van der Waals surface area (Å²) in [7, 11) is 0. The molecule has 0 atom stereocenters. The number of nitrogens with two attached hydrogens (primary N) is 1. The Morgan fingerprint density at radius 3 is 2.12 bits per heavy atom. The van der Waals surface area contributed by atoms with Crippen molar-refractivity contribution in [2.45, 2.75) is 13.1 Å². The lowest BCUT2D eigenvalue weighted by Crippen LogP contribution is -2.06. The van der Waals surface area contributed by atoms with Crippen LogP contribution in [0.2, 0.25) is 0 Å². The maximum Gasteiger partial charge on any atom is 0.416 e. The zero-order valence-corrected chi connectivity index (χ0v) is 8.51. The number of halogens is 3. The van der Waals surface area contributed by atoms with Crippen LogP contribution in [0, 0.1) is 0 Å². The molecule has 0 saturated heterocycles. The van der Waals surface area contributed by atoms with Gasteiger partial charge >= 0.3 is 6.18 Å². The fourth-order valence-electron chi connectivity index (χ4n) is 1.11. The summed E-state index contributed by atoms with van der Waals surface area (Å²) in [6.45, 7) is 1.53. The molecule has 0 heterocycles. The molecule has 0 amide bonds. The van der Waals surface area contributed by atoms with Crippen LogP contribution in [-0.4, -0.2) is 5.78 Å². The van der Waals surface area contributed by atoms with Gasteiger partial charge in [-0.3, -0.25) is 4.79 Å². The van der Waals surface area contributed by atoms with Crippen molar-refractivity contribution in [3.8, 4) is 0 Å². The van der Waals surface area contributed by atoms with Gasteiger partial charge in [0, 0.05) is 17.3 Å². The van der Waals surface area contributed by atoms with E-state index in [0.717, 1.165) is 24.3 Å². The Hall–Kier alpha value is -1.78. The third-order valence-corrected chi connectivity index (χ3v) is 1.86. The van der Waals surface area contributed by atoms with E-state index in [1.165, 1.54) is 13.0 Å². The number of allylic oxidation sites excluding steroid dienone is 2. The molecule has 2 N–H and O–H groups in total. The van der Waals surface area contributed by atoms with Crippen LogP contribution in [0.3, 0.4) is 0 Å². The highest BCUT2D eigenvalue weighted by Gasteiger charge is 2.30. The quantitative estimate of drug-likeness (QED) is 0.626. The predicted molar refractivity (Wildman–Crippen MR) is 53.7 cm³/mol. The van der Waals surface area contributed by atoms with E-state index in [1.54, 1.807) is 0 Å². The Labute approximate surface area is 90.6 Å². The summed E-state index contributed by atoms with van der Waals surface area (Å²) in [6, 6.07) is 4.00. The van der Waals surface area contributed by atoms with Crippen molar-refractivity contribution < 1.29 is 18.0 Å². The second kappa shape index (κ2) is 4.38. The molecular formula is C11H10F3NO. The van der Waals surface area contributed by atoms with Crippen molar-refractivity contribution >= 4 is 5.78 Å². The topological polar surface area (TPSA) is 43.1 Å². The van der Waals surface area contributed by atoms with Crippen molar-refractivity contribution in [2.24, 2.45) is 5.73 Å². The second-order valence-corrected chi connectivity index (χ2v) is 3.33. The second-order valence-electron chi connectivity index (χ2n) is 3.33. The van der Waals surface area contributed by atoms with Crippen LogP contribution in [-0.2, 0) is 6.18 Å². The fourth-order valence-corrected chi connectivity index (χ4v) is 1.11. The van der Waals surface area contributed by atoms with E-state index in [9.17, 15) is 18.0 Å². The molecule has 0 unspecified atom stereocenters. The molecule has 0 radical (unpaired) electrons. The Morgan fingerprint density at radius 1 is 1.25 bits per heavy atom. The number of ketones is 1. The van der Waals surface area contributed by atoms with Gasteiger partial charge in [-0.25, -0.2) is 0 Å². The highest BCUT2D eigenvalue weighted by Crippen LogP contribution is 2.29. The first-order chi connectivity index (χ1) is 7.30. The molecule has 0 aliphatic heterocycles. The van der Waals surface area contributed by atoms with E-state index >= 15 is 0 Å². The van der Waals surface area contributed by atoms with Gasteiger partial charge in [0.05, 0.1) is 5.56 Å². The van der Waals surface area contributed by atoms with E-state index in [0.29, 0.717) is 5.70 Å². The Bertz CT molecular complexity index is 414. The SMILES string of the molecule is C/C(N)=C/C(=O)c1ccc(C(F)(F)F)cc1. The van der Waals surface area contributed by atoms with Gasteiger partial charge in [-0.05, 0) is 19.1 Å². The molecule has 0 spiro atoms. The smallest absolute Gasteiger partial charge is 0.402 e. The van der Waals surface area contributed by atoms with Crippen LogP contribution in [0.15, 0.2) is 36.0 Å². The summed E-state index contributed by atoms with van der Waals surface area (Å²) < 4.78 is 36.6. The van der Waals surface area contributed by atoms with E-state index in [4.69, 9.17) is 5.73 Å². The molecule has 0 saturated carbocycles. The van der Waals surface area contributed by atoms with E-state index in [-0.39, 0.29) is 5.56 Å². The first kappa shape index (κ1) is 12.3. The zero-order valence-electron chi connectivity index (χ0n) is 8.51. The molecule has 16 heavy (non-hydrogen) atoms. The maximum absolute atomic E-state index is 12.2. The average Bonchev–Trinajstić information content (AvgIpc) is 2.15. The lowest BCUT2D eigenvalue weighted by Gasteiger charge is -2.06. The zero-order chi connectivity index (χ0) is 12.3. The summed E-state index contributed by atoms with van der Waals surface area (Å²) in [6.07, 6.45) is -3.22. The third-order valence-electron chi connectivity index (χ3n) is 1.86. The minimum Gasteiger partial charge on any atom is -0.402 e. The molecule has 0 fully saturated rings. The molecule has 2 nitrogen and oxygen atoms in total. The van der Waals surface area contributed by atoms with Gasteiger partial charge in [0.25, 0.3) is 0 Å². The number of hydrogen-bond donors (Lipinski definition) is 1. The van der Waals surface area contributed by atoms with Gasteiger partial charge in [-0.15, -0.1) is 0 Å². The van der Waals surface area contributed by atoms with Crippen LogP contribution in [0.5, 0.6) is 0 Å². The van der Waals surface area contributed by atoms with Gasteiger partial charge in [-0.1, -0.05) is 12.1 Å². The van der Waals surface area contributed by atoms with E-state index < -0.39 is 17.5 Å². The minimum atomic E-state index is -4.39. The molecular weight excluding hydrogens is 219 g/mol. The minimum absolute atomic E-state index is 0.179. The molecule has 0 aliphatic carbocycles. The number of hydrogen-bond acceptors (Lipinski definition) is 2. The van der Waals surface area contributed by atoms with Gasteiger partial charge in [0.15, 0.2) is 5.78 Å². The van der Waals surface area contributed by atoms with Crippen molar-refractivity contribution in [1.82, 2.24) is 0 Å². The predicted octanol–water partition coefficient (Wildman–Crippen LogP) is 2.75. The normalized spacial score (nSPS) is 12.6. The monoisotopic (exact) mass is 229 g/mol. The van der Waals surface area contributed by atoms with Gasteiger partial charge in [0.2, 0.25) is 0 Å². The van der Waals surface area contributed by atoms with Crippen molar-refractivity contribution in [3.05, 3.63) is 47.2 Å². The first-order valence-corrected chi connectivity index (χ1v) is 4.46. The number of rotatable bonds is 2. The summed E-state index contributed by atoms with van der Waals surface area (Å²) in [5.74, 6) is -0.409. The largest absolute Gasteiger partial charge is 0.416 e. The third kappa shape index (κ3) is 3.12. The highest BCUT2D eigenvalue weighted by atomic mass is 19.4. The summed E-state index contributed by atoms with van der Waals surface area (Å²) in [5, 5.41) is 0. The van der Waals surface area contributed by atoms with E-state index in [2.05, 4.69) is 0 Å². The fraction of sp³-hybridized carbons (Fsp3) is 0.182. The average molecular weight is 229 g/mol. The molecule has 1 aromatic rings. The summed E-state index contributed by atoms with van der Waals surface area (Å²) in [4.78, 5) is 11.4. The van der Waals surface area contributed by atoms with E-state index in [1.807, 2.05) is 0 Å². The van der Waals surface area contributed by atoms with Crippen molar-refractivity contribution in [2.75, 3.05) is 0 Å². The van der Waals surface area contributed by atoms with Gasteiger partial charge in [0.1, 0.15) is 0 Å². The van der Waals surface area contributed by atoms with Gasteiger partial charge in [-0.2, -0.15) is 13.2 Å². The molecule has 5 heteroatoms. The number of carbonyl (C=O) groups is 1. The first-order valence-electron chi connectivity index (χ1n) is 4.46. The molecule has 0 aromatic heterocycles. The molecule has 1 rings (SSSR count). The van der Waals surface area contributed by atoms with Gasteiger partial charge < -0.3 is 5.73 Å². The molecule has 86 valence electrons. The number of alkyl halides is 3. The molecule has 0 aliphatic rings. The van der Waals surface area contributed by atoms with Crippen LogP contribution >= 0.6 is 0 Å². The molecule has 0 bridgehead atoms. The highest BCUT2D eigenvalue weighted by molar-refractivity contribution is 6.04. The number of carbonyl (C=O) groups excluding carboxylic acids is 1. The lowest BCUT2D eigenvalue weighted by molar-refractivity contribution is -0.137. The van der Waals surface area contributed by atoms with Crippen LogP contribution in [0.1, 0.15) is 22.8 Å². The van der Waals surface area contributed by atoms with Crippen molar-refractivity contribution in [3.63, 3.8) is 0 Å². The Morgan fingerprint density at radius 2 is 1.75 bits per heavy atom. The standard InChI is InChI=1S/C11H10F3NO/c1-7(15)6-10(16)8-2-4-9(5-3-8)11(12,13)14/h2-6H,15H2,1H3/b7-6-. The summed E-state index contributed by atoms with van der Waals surface area (Å²) >= 11 is 0. The lowest BCUT2D eigenvalue weighted by atomic mass is 10.1. The Balaban J connectivity index is 2.96. The van der Waals surface area contributed by atoms with Crippen LogP contribution in [0.25, 0.3) is 0 Å². The van der Waals surface area contributed by atoms with Crippen molar-refractivity contribution in [1.29, 1.82) is 0 Å². The van der Waals surface area contributed by atoms with Crippen LogP contribution < -0.4 is 5.73 Å².